The smallest absolute Gasteiger partial charge is 0.265 e. The Morgan fingerprint density at radius 2 is 2.17 bits per heavy atom. The van der Waals surface area contributed by atoms with E-state index in [1.54, 1.807) is 17.5 Å². The molecule has 1 aromatic carbocycles. The highest BCUT2D eigenvalue weighted by atomic mass is 32.1. The highest BCUT2D eigenvalue weighted by Crippen LogP contribution is 2.18. The second-order valence-electron chi connectivity index (χ2n) is 4.13. The average Bonchev–Trinajstić information content (AvgIpc) is 2.77. The van der Waals surface area contributed by atoms with Crippen LogP contribution in [0.25, 0.3) is 0 Å². The molecule has 2 rings (SSSR count). The van der Waals surface area contributed by atoms with Gasteiger partial charge in [-0.1, -0.05) is 18.2 Å². The van der Waals surface area contributed by atoms with E-state index in [0.29, 0.717) is 17.1 Å². The zero-order valence-electron chi connectivity index (χ0n) is 10.4. The number of aryl methyl sites for hydroxylation is 1. The molecule has 4 nitrogen and oxygen atoms in total. The lowest BCUT2D eigenvalue weighted by molar-refractivity contribution is 0.0789. The number of thiazole rings is 1. The average molecular weight is 261 g/mol. The quantitative estimate of drug-likeness (QED) is 0.862. The Morgan fingerprint density at radius 3 is 2.78 bits per heavy atom. The molecule has 1 heterocycles. The van der Waals surface area contributed by atoms with E-state index in [4.69, 9.17) is 5.73 Å². The molecular formula is C13H15N3OS. The van der Waals surface area contributed by atoms with E-state index in [2.05, 4.69) is 4.98 Å². The second kappa shape index (κ2) is 5.18. The van der Waals surface area contributed by atoms with Crippen molar-refractivity contribution in [3.63, 3.8) is 0 Å². The summed E-state index contributed by atoms with van der Waals surface area (Å²) in [6.07, 6.45) is 0. The second-order valence-corrected chi connectivity index (χ2v) is 4.98. The van der Waals surface area contributed by atoms with E-state index >= 15 is 0 Å². The minimum atomic E-state index is -0.0155. The Morgan fingerprint density at radius 1 is 1.44 bits per heavy atom. The summed E-state index contributed by atoms with van der Waals surface area (Å²) < 4.78 is 0. The molecule has 1 aromatic heterocycles. The highest BCUT2D eigenvalue weighted by molar-refractivity contribution is 7.11. The van der Waals surface area contributed by atoms with Gasteiger partial charge in [0, 0.05) is 19.3 Å². The summed E-state index contributed by atoms with van der Waals surface area (Å²) in [6, 6.07) is 7.57. The maximum absolute atomic E-state index is 12.2. The number of nitrogens with zero attached hydrogens (tertiary/aromatic N) is 2. The molecule has 0 bridgehead atoms. The zero-order chi connectivity index (χ0) is 13.1. The van der Waals surface area contributed by atoms with Crippen molar-refractivity contribution in [1.82, 2.24) is 9.88 Å². The first-order chi connectivity index (χ1) is 8.59. The lowest BCUT2D eigenvalue weighted by Gasteiger charge is -2.17. The molecule has 18 heavy (non-hydrogen) atoms. The molecule has 0 unspecified atom stereocenters. The minimum absolute atomic E-state index is 0.0155. The third kappa shape index (κ3) is 2.51. The molecule has 0 fully saturated rings. The molecule has 0 aliphatic rings. The highest BCUT2D eigenvalue weighted by Gasteiger charge is 2.17. The molecule has 0 aliphatic carbocycles. The fraction of sp³-hybridized carbons (Fsp3) is 0.231. The van der Waals surface area contributed by atoms with Crippen molar-refractivity contribution >= 4 is 22.9 Å². The summed E-state index contributed by atoms with van der Waals surface area (Å²) in [7, 11) is 1.77. The number of aromatic nitrogens is 1. The first kappa shape index (κ1) is 12.6. The van der Waals surface area contributed by atoms with Crippen LogP contribution in [0.5, 0.6) is 0 Å². The van der Waals surface area contributed by atoms with Gasteiger partial charge in [0.15, 0.2) is 0 Å². The van der Waals surface area contributed by atoms with Gasteiger partial charge in [0.05, 0.1) is 11.2 Å². The largest absolute Gasteiger partial charge is 0.398 e. The maximum atomic E-state index is 12.2. The van der Waals surface area contributed by atoms with Crippen molar-refractivity contribution < 1.29 is 4.79 Å². The van der Waals surface area contributed by atoms with Gasteiger partial charge in [-0.3, -0.25) is 4.79 Å². The Kier molecular flexibility index (Phi) is 3.62. The lowest BCUT2D eigenvalue weighted by atomic mass is 10.1. The van der Waals surface area contributed by atoms with Gasteiger partial charge in [-0.05, 0) is 18.6 Å². The molecule has 1 amide bonds. The van der Waals surface area contributed by atoms with E-state index in [-0.39, 0.29) is 5.91 Å². The van der Waals surface area contributed by atoms with Gasteiger partial charge in [0.1, 0.15) is 4.88 Å². The van der Waals surface area contributed by atoms with Gasteiger partial charge in [0.25, 0.3) is 5.91 Å². The number of hydrogen-bond donors (Lipinski definition) is 1. The molecular weight excluding hydrogens is 246 g/mol. The fourth-order valence-corrected chi connectivity index (χ4v) is 2.48. The number of rotatable bonds is 3. The van der Waals surface area contributed by atoms with Crippen molar-refractivity contribution in [3.05, 3.63) is 45.9 Å². The molecule has 2 N–H and O–H groups in total. The number of nitrogens with two attached hydrogens (primary N) is 1. The topological polar surface area (TPSA) is 59.2 Å². The summed E-state index contributed by atoms with van der Waals surface area (Å²) in [6.45, 7) is 2.34. The van der Waals surface area contributed by atoms with Crippen LogP contribution in [0.15, 0.2) is 29.8 Å². The summed E-state index contributed by atoms with van der Waals surface area (Å²) in [5.74, 6) is -0.0155. The molecule has 0 aliphatic heterocycles. The Hall–Kier alpha value is -1.88. The van der Waals surface area contributed by atoms with Crippen LogP contribution < -0.4 is 5.73 Å². The summed E-state index contributed by atoms with van der Waals surface area (Å²) in [5.41, 5.74) is 9.99. The molecule has 5 heteroatoms. The predicted molar refractivity (Wildman–Crippen MR) is 73.5 cm³/mol. The van der Waals surface area contributed by atoms with Crippen molar-refractivity contribution in [3.8, 4) is 0 Å². The first-order valence-electron chi connectivity index (χ1n) is 5.58. The van der Waals surface area contributed by atoms with Gasteiger partial charge < -0.3 is 10.6 Å². The maximum Gasteiger partial charge on any atom is 0.265 e. The number of para-hydroxylation sites is 1. The molecule has 0 radical (unpaired) electrons. The van der Waals surface area contributed by atoms with Crippen LogP contribution in [0.4, 0.5) is 5.69 Å². The molecule has 2 aromatic rings. The van der Waals surface area contributed by atoms with Crippen LogP contribution in [0.1, 0.15) is 20.9 Å². The van der Waals surface area contributed by atoms with Crippen molar-refractivity contribution in [1.29, 1.82) is 0 Å². The van der Waals surface area contributed by atoms with Gasteiger partial charge in [-0.25, -0.2) is 4.98 Å². The number of anilines is 1. The zero-order valence-corrected chi connectivity index (χ0v) is 11.2. The predicted octanol–water partition coefficient (Wildman–Crippen LogP) is 2.31. The van der Waals surface area contributed by atoms with Gasteiger partial charge in [0.2, 0.25) is 0 Å². The standard InChI is InChI=1S/C13H15N3OS/c1-9-12(18-8-15-9)13(17)16(2)7-10-5-3-4-6-11(10)14/h3-6,8H,7,14H2,1-2H3. The number of nitrogen functional groups attached to an aromatic ring is 1. The molecule has 0 saturated heterocycles. The van der Waals surface area contributed by atoms with Crippen LogP contribution in [0, 0.1) is 6.92 Å². The summed E-state index contributed by atoms with van der Waals surface area (Å²) >= 11 is 1.37. The SMILES string of the molecule is Cc1ncsc1C(=O)N(C)Cc1ccccc1N. The normalized spacial score (nSPS) is 10.3. The van der Waals surface area contributed by atoms with E-state index in [1.165, 1.54) is 11.3 Å². The van der Waals surface area contributed by atoms with Crippen LogP contribution in [0.3, 0.4) is 0 Å². The van der Waals surface area contributed by atoms with Crippen molar-refractivity contribution in [2.75, 3.05) is 12.8 Å². The molecule has 94 valence electrons. The van der Waals surface area contributed by atoms with E-state index in [1.807, 2.05) is 31.2 Å². The van der Waals surface area contributed by atoms with Crippen LogP contribution in [-0.4, -0.2) is 22.8 Å². The number of benzene rings is 1. The third-order valence-electron chi connectivity index (χ3n) is 2.75. The van der Waals surface area contributed by atoms with Crippen LogP contribution in [0.2, 0.25) is 0 Å². The summed E-state index contributed by atoms with van der Waals surface area (Å²) in [5, 5.41) is 0. The Balaban J connectivity index is 2.14. The summed E-state index contributed by atoms with van der Waals surface area (Å²) in [4.78, 5) is 18.6. The third-order valence-corrected chi connectivity index (χ3v) is 3.67. The minimum Gasteiger partial charge on any atom is -0.398 e. The van der Waals surface area contributed by atoms with E-state index in [9.17, 15) is 4.79 Å². The van der Waals surface area contributed by atoms with Gasteiger partial charge >= 0.3 is 0 Å². The molecule has 0 spiro atoms. The van der Waals surface area contributed by atoms with E-state index < -0.39 is 0 Å². The van der Waals surface area contributed by atoms with Crippen molar-refractivity contribution in [2.24, 2.45) is 0 Å². The fourth-order valence-electron chi connectivity index (χ4n) is 1.69. The molecule has 0 atom stereocenters. The number of amides is 1. The Bertz CT molecular complexity index is 565. The van der Waals surface area contributed by atoms with Gasteiger partial charge in [-0.15, -0.1) is 11.3 Å². The lowest BCUT2D eigenvalue weighted by Crippen LogP contribution is -2.26. The molecule has 0 saturated carbocycles. The van der Waals surface area contributed by atoms with Crippen LogP contribution in [-0.2, 0) is 6.54 Å². The van der Waals surface area contributed by atoms with Crippen molar-refractivity contribution in [2.45, 2.75) is 13.5 Å². The Labute approximate surface area is 110 Å². The van der Waals surface area contributed by atoms with Gasteiger partial charge in [-0.2, -0.15) is 0 Å². The number of carbonyl (C=O) groups is 1. The number of carbonyl (C=O) groups excluding carboxylic acids is 1. The first-order valence-corrected chi connectivity index (χ1v) is 6.46. The van der Waals surface area contributed by atoms with E-state index in [0.717, 1.165) is 11.3 Å². The number of hydrogen-bond acceptors (Lipinski definition) is 4. The van der Waals surface area contributed by atoms with Crippen LogP contribution >= 0.6 is 11.3 Å². The monoisotopic (exact) mass is 261 g/mol.